The molecule has 0 atom stereocenters. The highest BCUT2D eigenvalue weighted by Crippen LogP contribution is 2.26. The fourth-order valence-corrected chi connectivity index (χ4v) is 2.54. The zero-order chi connectivity index (χ0) is 13.6. The second kappa shape index (κ2) is 4.05. The summed E-state index contributed by atoms with van der Waals surface area (Å²) in [5, 5.41) is 4.21. The molecule has 2 heterocycles. The number of benzene rings is 1. The summed E-state index contributed by atoms with van der Waals surface area (Å²) in [5.41, 5.74) is 11.0. The number of aromatic nitrogens is 4. The molecule has 0 amide bonds. The first kappa shape index (κ1) is 11.6. The van der Waals surface area contributed by atoms with E-state index in [9.17, 15) is 0 Å². The Hall–Kier alpha value is -2.43. The van der Waals surface area contributed by atoms with Gasteiger partial charge >= 0.3 is 0 Å². The molecule has 1 aromatic carbocycles. The molecule has 2 aromatic heterocycles. The summed E-state index contributed by atoms with van der Waals surface area (Å²) in [7, 11) is 0. The van der Waals surface area contributed by atoms with Crippen LogP contribution in [0.2, 0.25) is 0 Å². The van der Waals surface area contributed by atoms with E-state index in [1.54, 1.807) is 16.8 Å². The first-order valence-electron chi connectivity index (χ1n) is 6.12. The quantitative estimate of drug-likeness (QED) is 0.722. The number of nitrogens with zero attached hydrogens (tertiary/aromatic N) is 4. The summed E-state index contributed by atoms with van der Waals surface area (Å²) in [6.45, 7) is 6.25. The van der Waals surface area contributed by atoms with E-state index in [4.69, 9.17) is 5.73 Å². The molecule has 0 fully saturated rings. The van der Waals surface area contributed by atoms with Crippen LogP contribution in [-0.2, 0) is 0 Å². The molecule has 0 aliphatic carbocycles. The number of rotatable bonds is 1. The van der Waals surface area contributed by atoms with Crippen LogP contribution in [0.5, 0.6) is 0 Å². The lowest BCUT2D eigenvalue weighted by Gasteiger charge is -2.11. The highest BCUT2D eigenvalue weighted by molar-refractivity contribution is 5.67. The van der Waals surface area contributed by atoms with E-state index in [0.717, 1.165) is 11.4 Å². The number of nitrogens with two attached hydrogens (primary N) is 1. The number of anilines is 1. The molecule has 0 bridgehead atoms. The summed E-state index contributed by atoms with van der Waals surface area (Å²) < 4.78 is 1.69. The second-order valence-corrected chi connectivity index (χ2v) is 4.78. The van der Waals surface area contributed by atoms with Gasteiger partial charge in [0.15, 0.2) is 11.5 Å². The lowest BCUT2D eigenvalue weighted by atomic mass is 9.99. The van der Waals surface area contributed by atoms with Gasteiger partial charge in [0.25, 0.3) is 0 Å². The summed E-state index contributed by atoms with van der Waals surface area (Å²) in [6.07, 6.45) is 1.73. The van der Waals surface area contributed by atoms with Crippen LogP contribution in [0, 0.1) is 20.8 Å². The first-order chi connectivity index (χ1) is 9.06. The van der Waals surface area contributed by atoms with Gasteiger partial charge in [0, 0.05) is 17.8 Å². The normalized spacial score (nSPS) is 11.1. The monoisotopic (exact) mass is 253 g/mol. The van der Waals surface area contributed by atoms with Gasteiger partial charge in [-0.2, -0.15) is 9.50 Å². The van der Waals surface area contributed by atoms with E-state index in [1.807, 2.05) is 0 Å². The molecular formula is C14H15N5. The molecule has 0 spiro atoms. The Morgan fingerprint density at radius 3 is 2.47 bits per heavy atom. The molecule has 5 heteroatoms. The topological polar surface area (TPSA) is 69.1 Å². The van der Waals surface area contributed by atoms with Crippen molar-refractivity contribution in [2.75, 3.05) is 5.73 Å². The van der Waals surface area contributed by atoms with Crippen molar-refractivity contribution in [1.82, 2.24) is 19.6 Å². The lowest BCUT2D eigenvalue weighted by Crippen LogP contribution is -2.01. The van der Waals surface area contributed by atoms with Crippen LogP contribution in [0.4, 0.5) is 5.95 Å². The molecule has 96 valence electrons. The largest absolute Gasteiger partial charge is 0.366 e. The summed E-state index contributed by atoms with van der Waals surface area (Å²) >= 11 is 0. The van der Waals surface area contributed by atoms with Gasteiger partial charge in [-0.05, 0) is 31.9 Å². The van der Waals surface area contributed by atoms with Gasteiger partial charge in [0.1, 0.15) is 0 Å². The SMILES string of the molecule is Cc1cc(C)c(-c2nccc3nc(N)nn23)c(C)c1. The highest BCUT2D eigenvalue weighted by atomic mass is 15.3. The van der Waals surface area contributed by atoms with Gasteiger partial charge in [-0.3, -0.25) is 0 Å². The van der Waals surface area contributed by atoms with Crippen LogP contribution in [0.1, 0.15) is 16.7 Å². The molecule has 2 N–H and O–H groups in total. The standard InChI is InChI=1S/C14H15N5/c1-8-6-9(2)12(10(3)7-8)13-16-5-4-11-17-14(15)18-19(11)13/h4-7H,1-3H3,(H2,15,18). The van der Waals surface area contributed by atoms with Crippen LogP contribution >= 0.6 is 0 Å². The minimum absolute atomic E-state index is 0.261. The van der Waals surface area contributed by atoms with Crippen molar-refractivity contribution in [3.8, 4) is 11.4 Å². The molecule has 0 unspecified atom stereocenters. The van der Waals surface area contributed by atoms with Crippen LogP contribution < -0.4 is 5.73 Å². The maximum Gasteiger partial charge on any atom is 0.240 e. The van der Waals surface area contributed by atoms with Crippen LogP contribution in [-0.4, -0.2) is 19.6 Å². The maximum atomic E-state index is 5.67. The minimum Gasteiger partial charge on any atom is -0.366 e. The number of hydrogen-bond acceptors (Lipinski definition) is 4. The highest BCUT2D eigenvalue weighted by Gasteiger charge is 2.13. The van der Waals surface area contributed by atoms with E-state index in [2.05, 4.69) is 48.0 Å². The molecule has 0 saturated heterocycles. The Kier molecular flexibility index (Phi) is 2.48. The molecule has 0 aliphatic rings. The predicted molar refractivity (Wildman–Crippen MR) is 74.8 cm³/mol. The lowest BCUT2D eigenvalue weighted by molar-refractivity contribution is 0.935. The van der Waals surface area contributed by atoms with Crippen molar-refractivity contribution < 1.29 is 0 Å². The van der Waals surface area contributed by atoms with Crippen molar-refractivity contribution >= 4 is 11.6 Å². The Bertz CT molecular complexity index is 750. The molecule has 0 radical (unpaired) electrons. The van der Waals surface area contributed by atoms with Crippen LogP contribution in [0.25, 0.3) is 17.0 Å². The van der Waals surface area contributed by atoms with Crippen LogP contribution in [0.3, 0.4) is 0 Å². The molecule has 0 aliphatic heterocycles. The third-order valence-electron chi connectivity index (χ3n) is 3.17. The minimum atomic E-state index is 0.261. The van der Waals surface area contributed by atoms with E-state index >= 15 is 0 Å². The number of hydrogen-bond donors (Lipinski definition) is 1. The fourth-order valence-electron chi connectivity index (χ4n) is 2.54. The van der Waals surface area contributed by atoms with Crippen molar-refractivity contribution in [3.63, 3.8) is 0 Å². The fraction of sp³-hybridized carbons (Fsp3) is 0.214. The number of nitrogen functional groups attached to an aromatic ring is 1. The average molecular weight is 253 g/mol. The molecule has 3 aromatic rings. The summed E-state index contributed by atoms with van der Waals surface area (Å²) in [4.78, 5) is 8.61. The van der Waals surface area contributed by atoms with E-state index in [-0.39, 0.29) is 5.95 Å². The zero-order valence-corrected chi connectivity index (χ0v) is 11.2. The smallest absolute Gasteiger partial charge is 0.240 e. The maximum absolute atomic E-state index is 5.67. The van der Waals surface area contributed by atoms with E-state index in [0.29, 0.717) is 5.65 Å². The van der Waals surface area contributed by atoms with Crippen molar-refractivity contribution in [2.24, 2.45) is 0 Å². The van der Waals surface area contributed by atoms with Gasteiger partial charge in [0.05, 0.1) is 0 Å². The van der Waals surface area contributed by atoms with Gasteiger partial charge in [0.2, 0.25) is 5.95 Å². The number of fused-ring (bicyclic) bond motifs is 1. The van der Waals surface area contributed by atoms with Gasteiger partial charge < -0.3 is 5.73 Å². The molecule has 3 rings (SSSR count). The Morgan fingerprint density at radius 1 is 1.11 bits per heavy atom. The Balaban J connectivity index is 2.36. The van der Waals surface area contributed by atoms with Crippen molar-refractivity contribution in [1.29, 1.82) is 0 Å². The zero-order valence-electron chi connectivity index (χ0n) is 11.2. The summed E-state index contributed by atoms with van der Waals surface area (Å²) in [6, 6.07) is 6.08. The van der Waals surface area contributed by atoms with E-state index in [1.165, 1.54) is 16.7 Å². The second-order valence-electron chi connectivity index (χ2n) is 4.78. The van der Waals surface area contributed by atoms with Crippen molar-refractivity contribution in [3.05, 3.63) is 41.1 Å². The number of aryl methyl sites for hydroxylation is 3. The Morgan fingerprint density at radius 2 is 1.79 bits per heavy atom. The van der Waals surface area contributed by atoms with Gasteiger partial charge in [-0.25, -0.2) is 4.98 Å². The average Bonchev–Trinajstić information content (AvgIpc) is 2.68. The summed E-state index contributed by atoms with van der Waals surface area (Å²) in [5.74, 6) is 1.04. The first-order valence-corrected chi connectivity index (χ1v) is 6.12. The van der Waals surface area contributed by atoms with E-state index < -0.39 is 0 Å². The molecule has 5 nitrogen and oxygen atoms in total. The Labute approximate surface area is 111 Å². The van der Waals surface area contributed by atoms with Gasteiger partial charge in [-0.15, -0.1) is 5.10 Å². The third kappa shape index (κ3) is 1.83. The molecule has 19 heavy (non-hydrogen) atoms. The van der Waals surface area contributed by atoms with Crippen LogP contribution in [0.15, 0.2) is 24.4 Å². The molecular weight excluding hydrogens is 238 g/mol. The van der Waals surface area contributed by atoms with Crippen molar-refractivity contribution in [2.45, 2.75) is 20.8 Å². The third-order valence-corrected chi connectivity index (χ3v) is 3.17. The van der Waals surface area contributed by atoms with Gasteiger partial charge in [-0.1, -0.05) is 17.7 Å². The molecule has 0 saturated carbocycles. The predicted octanol–water partition coefficient (Wildman–Crippen LogP) is 2.30.